The number of halogens is 3. The van der Waals surface area contributed by atoms with Crippen LogP contribution in [0.2, 0.25) is 0 Å². The number of aryl methyl sites for hydroxylation is 2. The van der Waals surface area contributed by atoms with Gasteiger partial charge >= 0.3 is 6.18 Å². The van der Waals surface area contributed by atoms with E-state index < -0.39 is 23.1 Å². The Balaban J connectivity index is 1.60. The maximum atomic E-state index is 13.0. The minimum atomic E-state index is -4.54. The fourth-order valence-electron chi connectivity index (χ4n) is 5.13. The number of hydrogen-bond acceptors (Lipinski definition) is 5. The largest absolute Gasteiger partial charge is 0.507 e. The number of aromatic hydroxyl groups is 1. The molecule has 2 bridgehead atoms. The van der Waals surface area contributed by atoms with E-state index in [-0.39, 0.29) is 16.7 Å². The number of aromatic nitrogens is 3. The minimum absolute atomic E-state index is 0.236. The van der Waals surface area contributed by atoms with Crippen molar-refractivity contribution in [2.45, 2.75) is 44.0 Å². The fourth-order valence-corrected chi connectivity index (χ4v) is 5.13. The van der Waals surface area contributed by atoms with Crippen molar-refractivity contribution in [2.24, 2.45) is 0 Å². The lowest BCUT2D eigenvalue weighted by Gasteiger charge is -2.58. The molecule has 2 saturated heterocycles. The molecule has 3 fully saturated rings. The Hall–Kier alpha value is -2.65. The van der Waals surface area contributed by atoms with Gasteiger partial charge in [0.2, 0.25) is 0 Å². The zero-order valence-corrected chi connectivity index (χ0v) is 16.5. The highest BCUT2D eigenvalue weighted by atomic mass is 19.4. The number of alkyl halides is 3. The van der Waals surface area contributed by atoms with Gasteiger partial charge in [-0.05, 0) is 43.2 Å². The number of phenols is 1. The van der Waals surface area contributed by atoms with Crippen LogP contribution in [0.25, 0.3) is 22.3 Å². The number of aliphatic hydroxyl groups is 1. The first-order valence-electron chi connectivity index (χ1n) is 9.72. The number of benzene rings is 1. The molecular weight excluding hydrogens is 397 g/mol. The van der Waals surface area contributed by atoms with Crippen LogP contribution in [-0.2, 0) is 11.7 Å². The molecule has 30 heavy (non-hydrogen) atoms. The van der Waals surface area contributed by atoms with Gasteiger partial charge in [0, 0.05) is 43.1 Å². The van der Waals surface area contributed by atoms with Crippen LogP contribution in [-0.4, -0.2) is 43.7 Å². The number of rotatable bonds is 2. The second-order valence-corrected chi connectivity index (χ2v) is 8.74. The molecule has 4 heterocycles. The van der Waals surface area contributed by atoms with Gasteiger partial charge in [-0.3, -0.25) is 0 Å². The SMILES string of the molecule is Cc1cc(C(F)(F)F)cc(O)c1-c1cc2c(C)cn(C34CNCC(O)(C3)C4)c2nn1. The molecule has 6 nitrogen and oxygen atoms in total. The summed E-state index contributed by atoms with van der Waals surface area (Å²) in [6.45, 7) is 4.74. The number of phenolic OH excluding ortho intramolecular Hbond substituents is 1. The monoisotopic (exact) mass is 418 g/mol. The van der Waals surface area contributed by atoms with E-state index in [4.69, 9.17) is 0 Å². The first-order valence-corrected chi connectivity index (χ1v) is 9.72. The maximum absolute atomic E-state index is 13.0. The molecule has 2 aromatic heterocycles. The quantitative estimate of drug-likeness (QED) is 0.595. The highest BCUT2D eigenvalue weighted by Gasteiger charge is 2.58. The van der Waals surface area contributed by atoms with Crippen LogP contribution in [0.5, 0.6) is 5.75 Å². The van der Waals surface area contributed by atoms with E-state index in [1.54, 1.807) is 6.07 Å². The third-order valence-corrected chi connectivity index (χ3v) is 6.38. The van der Waals surface area contributed by atoms with Crippen molar-refractivity contribution >= 4 is 11.0 Å². The summed E-state index contributed by atoms with van der Waals surface area (Å²) in [6.07, 6.45) is -1.28. The number of piperidine rings is 2. The van der Waals surface area contributed by atoms with Crippen molar-refractivity contribution in [2.75, 3.05) is 13.1 Å². The summed E-state index contributed by atoms with van der Waals surface area (Å²) in [5, 5.41) is 33.4. The van der Waals surface area contributed by atoms with E-state index in [0.29, 0.717) is 36.8 Å². The summed E-state index contributed by atoms with van der Waals surface area (Å²) >= 11 is 0. The molecule has 0 unspecified atom stereocenters. The van der Waals surface area contributed by atoms with Crippen LogP contribution in [0, 0.1) is 13.8 Å². The van der Waals surface area contributed by atoms with Crippen LogP contribution >= 0.6 is 0 Å². The van der Waals surface area contributed by atoms with Crippen molar-refractivity contribution in [3.63, 3.8) is 0 Å². The molecule has 3 N–H and O–H groups in total. The predicted molar refractivity (Wildman–Crippen MR) is 104 cm³/mol. The molecule has 1 aromatic carbocycles. The number of hydrogen-bond donors (Lipinski definition) is 3. The second-order valence-electron chi connectivity index (χ2n) is 8.74. The van der Waals surface area contributed by atoms with Crippen molar-refractivity contribution in [1.29, 1.82) is 0 Å². The molecule has 0 amide bonds. The smallest absolute Gasteiger partial charge is 0.416 e. The average Bonchev–Trinajstić information content (AvgIpc) is 2.96. The number of fused-ring (bicyclic) bond motifs is 3. The van der Waals surface area contributed by atoms with E-state index in [9.17, 15) is 23.4 Å². The average molecular weight is 418 g/mol. The van der Waals surface area contributed by atoms with Crippen LogP contribution in [0.3, 0.4) is 0 Å². The Morgan fingerprint density at radius 1 is 1.07 bits per heavy atom. The molecule has 3 aromatic rings. The summed E-state index contributed by atoms with van der Waals surface area (Å²) in [5.41, 5.74) is 0.566. The molecule has 0 radical (unpaired) electrons. The van der Waals surface area contributed by atoms with Gasteiger partial charge in [-0.1, -0.05) is 0 Å². The zero-order chi connectivity index (χ0) is 21.5. The van der Waals surface area contributed by atoms with Gasteiger partial charge in [0.25, 0.3) is 0 Å². The fraction of sp³-hybridized carbons (Fsp3) is 0.429. The van der Waals surface area contributed by atoms with E-state index in [1.165, 1.54) is 6.92 Å². The molecular formula is C21H21F3N4O2. The van der Waals surface area contributed by atoms with Crippen molar-refractivity contribution in [3.05, 3.63) is 41.1 Å². The normalized spacial score (nSPS) is 26.1. The minimum Gasteiger partial charge on any atom is -0.507 e. The summed E-state index contributed by atoms with van der Waals surface area (Å²) in [7, 11) is 0. The first kappa shape index (κ1) is 19.3. The van der Waals surface area contributed by atoms with E-state index in [1.807, 2.05) is 13.1 Å². The Morgan fingerprint density at radius 3 is 2.43 bits per heavy atom. The summed E-state index contributed by atoms with van der Waals surface area (Å²) in [4.78, 5) is 0. The summed E-state index contributed by atoms with van der Waals surface area (Å²) < 4.78 is 41.1. The standard InChI is InChI=1S/C21H21F3N4O2/c1-11-3-13(21(22,23)24)4-16(29)17(11)15-5-14-12(2)6-28(18(14)27-26-15)19-7-20(30,8-19)10-25-9-19/h3-6,25,29-30H,7-10H2,1-2H3. The number of nitrogens with zero attached hydrogens (tertiary/aromatic N) is 3. The Morgan fingerprint density at radius 2 is 1.80 bits per heavy atom. The molecule has 158 valence electrons. The van der Waals surface area contributed by atoms with E-state index in [0.717, 1.165) is 23.6 Å². The third kappa shape index (κ3) is 2.72. The summed E-state index contributed by atoms with van der Waals surface area (Å²) in [5.74, 6) is -0.479. The van der Waals surface area contributed by atoms with Gasteiger partial charge < -0.3 is 20.1 Å². The Bertz CT molecular complexity index is 1160. The molecule has 0 atom stereocenters. The van der Waals surface area contributed by atoms with Crippen LogP contribution in [0.15, 0.2) is 24.4 Å². The van der Waals surface area contributed by atoms with Gasteiger partial charge in [0.15, 0.2) is 5.65 Å². The van der Waals surface area contributed by atoms with Crippen molar-refractivity contribution in [1.82, 2.24) is 20.1 Å². The molecule has 1 aliphatic carbocycles. The zero-order valence-electron chi connectivity index (χ0n) is 16.5. The van der Waals surface area contributed by atoms with Crippen molar-refractivity contribution in [3.8, 4) is 17.0 Å². The second kappa shape index (κ2) is 5.95. The van der Waals surface area contributed by atoms with Crippen LogP contribution in [0.1, 0.15) is 29.5 Å². The summed E-state index contributed by atoms with van der Waals surface area (Å²) in [6, 6.07) is 3.47. The highest BCUT2D eigenvalue weighted by Crippen LogP contribution is 2.50. The molecule has 1 saturated carbocycles. The first-order chi connectivity index (χ1) is 14.0. The maximum Gasteiger partial charge on any atom is 0.416 e. The van der Waals surface area contributed by atoms with Crippen LogP contribution < -0.4 is 5.32 Å². The van der Waals surface area contributed by atoms with Gasteiger partial charge in [0.05, 0.1) is 22.4 Å². The van der Waals surface area contributed by atoms with Crippen molar-refractivity contribution < 1.29 is 23.4 Å². The van der Waals surface area contributed by atoms with E-state index >= 15 is 0 Å². The number of nitrogens with one attached hydrogen (secondary N) is 1. The van der Waals surface area contributed by atoms with Gasteiger partial charge in [0.1, 0.15) is 5.75 Å². The predicted octanol–water partition coefficient (Wildman–Crippen LogP) is 3.26. The van der Waals surface area contributed by atoms with E-state index in [2.05, 4.69) is 20.1 Å². The lowest BCUT2D eigenvalue weighted by molar-refractivity contribution is -0.141. The molecule has 3 aliphatic rings. The Labute approximate surface area is 170 Å². The molecule has 6 rings (SSSR count). The highest BCUT2D eigenvalue weighted by molar-refractivity contribution is 5.85. The van der Waals surface area contributed by atoms with Crippen LogP contribution in [0.4, 0.5) is 13.2 Å². The molecule has 9 heteroatoms. The third-order valence-electron chi connectivity index (χ3n) is 6.38. The topological polar surface area (TPSA) is 83.2 Å². The lowest BCUT2D eigenvalue weighted by Crippen LogP contribution is -2.70. The van der Waals surface area contributed by atoms with Gasteiger partial charge in [-0.25, -0.2) is 0 Å². The molecule has 2 aliphatic heterocycles. The van der Waals surface area contributed by atoms with Gasteiger partial charge in [-0.2, -0.15) is 13.2 Å². The van der Waals surface area contributed by atoms with Gasteiger partial charge in [-0.15, -0.1) is 10.2 Å². The Kier molecular flexibility index (Phi) is 3.83. The lowest BCUT2D eigenvalue weighted by atomic mass is 9.62. The molecule has 0 spiro atoms.